The standard InChI is InChI=1S/C15H17FN2O2/c16-12-7-14-13(17-8-12)5-6-18(14)9-10-1-3-11(4-2-10)15(19)20/h5-8,10-11H,1-4,9H2,(H,19,20). The van der Waals surface area contributed by atoms with Crippen LogP contribution in [0.4, 0.5) is 4.39 Å². The van der Waals surface area contributed by atoms with Gasteiger partial charge < -0.3 is 9.67 Å². The van der Waals surface area contributed by atoms with Crippen LogP contribution in [0.2, 0.25) is 0 Å². The van der Waals surface area contributed by atoms with E-state index in [1.165, 1.54) is 12.3 Å². The lowest BCUT2D eigenvalue weighted by Crippen LogP contribution is -2.23. The Morgan fingerprint density at radius 2 is 2.15 bits per heavy atom. The molecule has 0 bridgehead atoms. The summed E-state index contributed by atoms with van der Waals surface area (Å²) in [6.07, 6.45) is 6.47. The van der Waals surface area contributed by atoms with E-state index in [-0.39, 0.29) is 11.7 Å². The number of halogens is 1. The van der Waals surface area contributed by atoms with Gasteiger partial charge >= 0.3 is 5.97 Å². The molecule has 0 saturated heterocycles. The summed E-state index contributed by atoms with van der Waals surface area (Å²) in [4.78, 5) is 15.0. The Hall–Kier alpha value is -1.91. The number of pyridine rings is 1. The summed E-state index contributed by atoms with van der Waals surface area (Å²) < 4.78 is 15.3. The van der Waals surface area contributed by atoms with Crippen LogP contribution < -0.4 is 0 Å². The number of carbonyl (C=O) groups is 1. The zero-order valence-corrected chi connectivity index (χ0v) is 11.1. The van der Waals surface area contributed by atoms with Gasteiger partial charge in [0.15, 0.2) is 0 Å². The fourth-order valence-corrected chi connectivity index (χ4v) is 3.07. The maximum absolute atomic E-state index is 13.3. The van der Waals surface area contributed by atoms with Crippen molar-refractivity contribution < 1.29 is 14.3 Å². The van der Waals surface area contributed by atoms with Gasteiger partial charge in [0.2, 0.25) is 0 Å². The van der Waals surface area contributed by atoms with E-state index in [1.54, 1.807) is 0 Å². The van der Waals surface area contributed by atoms with E-state index in [0.717, 1.165) is 43.3 Å². The van der Waals surface area contributed by atoms with Gasteiger partial charge in [0, 0.05) is 18.8 Å². The van der Waals surface area contributed by atoms with E-state index in [4.69, 9.17) is 5.11 Å². The Labute approximate surface area is 116 Å². The molecule has 1 aliphatic rings. The Morgan fingerprint density at radius 1 is 1.40 bits per heavy atom. The maximum Gasteiger partial charge on any atom is 0.306 e. The Bertz CT molecular complexity index is 630. The van der Waals surface area contributed by atoms with Gasteiger partial charge in [0.05, 0.1) is 23.1 Å². The van der Waals surface area contributed by atoms with Gasteiger partial charge in [-0.25, -0.2) is 4.39 Å². The van der Waals surface area contributed by atoms with Crippen molar-refractivity contribution in [2.75, 3.05) is 0 Å². The van der Waals surface area contributed by atoms with Crippen LogP contribution in [0.15, 0.2) is 24.5 Å². The van der Waals surface area contributed by atoms with Gasteiger partial charge in [0.1, 0.15) is 5.82 Å². The molecule has 0 aromatic carbocycles. The van der Waals surface area contributed by atoms with Gasteiger partial charge in [0.25, 0.3) is 0 Å². The quantitative estimate of drug-likeness (QED) is 0.937. The lowest BCUT2D eigenvalue weighted by Gasteiger charge is -2.26. The van der Waals surface area contributed by atoms with Crippen LogP contribution in [0.5, 0.6) is 0 Å². The number of aromatic nitrogens is 2. The fourth-order valence-electron chi connectivity index (χ4n) is 3.07. The minimum atomic E-state index is -0.680. The molecule has 0 spiro atoms. The third-order valence-corrected chi connectivity index (χ3v) is 4.24. The molecule has 1 N–H and O–H groups in total. The van der Waals surface area contributed by atoms with Crippen LogP contribution in [0.3, 0.4) is 0 Å². The zero-order chi connectivity index (χ0) is 14.1. The van der Waals surface area contributed by atoms with Crippen molar-refractivity contribution in [1.82, 2.24) is 9.55 Å². The molecule has 0 amide bonds. The second-order valence-electron chi connectivity index (χ2n) is 5.58. The van der Waals surface area contributed by atoms with Crippen LogP contribution >= 0.6 is 0 Å². The predicted octanol–water partition coefficient (Wildman–Crippen LogP) is 3.07. The van der Waals surface area contributed by atoms with Crippen LogP contribution in [0.25, 0.3) is 11.0 Å². The molecular formula is C15H17FN2O2. The molecule has 1 fully saturated rings. The summed E-state index contributed by atoms with van der Waals surface area (Å²) in [5.74, 6) is -0.732. The number of hydrogen-bond donors (Lipinski definition) is 1. The summed E-state index contributed by atoms with van der Waals surface area (Å²) in [5.41, 5.74) is 1.61. The molecule has 20 heavy (non-hydrogen) atoms. The smallest absolute Gasteiger partial charge is 0.306 e. The van der Waals surface area contributed by atoms with E-state index in [1.807, 2.05) is 16.8 Å². The normalized spacial score (nSPS) is 23.1. The maximum atomic E-state index is 13.3. The molecule has 2 aromatic heterocycles. The summed E-state index contributed by atoms with van der Waals surface area (Å²) >= 11 is 0. The van der Waals surface area contributed by atoms with Gasteiger partial charge in [-0.1, -0.05) is 0 Å². The third-order valence-electron chi connectivity index (χ3n) is 4.24. The fraction of sp³-hybridized carbons (Fsp3) is 0.467. The Balaban J connectivity index is 1.71. The van der Waals surface area contributed by atoms with E-state index < -0.39 is 5.97 Å². The summed E-state index contributed by atoms with van der Waals surface area (Å²) in [7, 11) is 0. The SMILES string of the molecule is O=C(O)C1CCC(Cn2ccc3ncc(F)cc32)CC1. The van der Waals surface area contributed by atoms with Crippen molar-refractivity contribution in [2.24, 2.45) is 11.8 Å². The topological polar surface area (TPSA) is 55.1 Å². The highest BCUT2D eigenvalue weighted by Gasteiger charge is 2.26. The molecule has 2 aromatic rings. The number of carboxylic acid groups (broad SMARTS) is 1. The largest absolute Gasteiger partial charge is 0.481 e. The Kier molecular flexibility index (Phi) is 3.42. The van der Waals surface area contributed by atoms with Gasteiger partial charge in [-0.3, -0.25) is 9.78 Å². The summed E-state index contributed by atoms with van der Waals surface area (Å²) in [6, 6.07) is 3.39. The lowest BCUT2D eigenvalue weighted by atomic mass is 9.82. The number of aliphatic carboxylic acids is 1. The highest BCUT2D eigenvalue weighted by molar-refractivity contribution is 5.75. The number of rotatable bonds is 3. The number of fused-ring (bicyclic) bond motifs is 1. The van der Waals surface area contributed by atoms with Crippen molar-refractivity contribution >= 4 is 17.0 Å². The zero-order valence-electron chi connectivity index (χ0n) is 11.1. The average Bonchev–Trinajstić information content (AvgIpc) is 2.82. The van der Waals surface area contributed by atoms with Crippen molar-refractivity contribution in [3.8, 4) is 0 Å². The van der Waals surface area contributed by atoms with Gasteiger partial charge in [-0.15, -0.1) is 0 Å². The first-order valence-corrected chi connectivity index (χ1v) is 6.96. The van der Waals surface area contributed by atoms with E-state index >= 15 is 0 Å². The number of carboxylic acids is 1. The monoisotopic (exact) mass is 276 g/mol. The molecule has 0 aliphatic heterocycles. The molecular weight excluding hydrogens is 259 g/mol. The van der Waals surface area contributed by atoms with Crippen LogP contribution in [0.1, 0.15) is 25.7 Å². The molecule has 106 valence electrons. The number of nitrogens with zero attached hydrogens (tertiary/aromatic N) is 2. The van der Waals surface area contributed by atoms with Crippen molar-refractivity contribution in [1.29, 1.82) is 0 Å². The highest BCUT2D eigenvalue weighted by Crippen LogP contribution is 2.30. The van der Waals surface area contributed by atoms with Crippen molar-refractivity contribution in [3.05, 3.63) is 30.3 Å². The third kappa shape index (κ3) is 2.53. The van der Waals surface area contributed by atoms with E-state index in [9.17, 15) is 9.18 Å². The first kappa shape index (κ1) is 13.1. The van der Waals surface area contributed by atoms with Crippen molar-refractivity contribution in [3.63, 3.8) is 0 Å². The molecule has 1 aliphatic carbocycles. The second kappa shape index (κ2) is 5.23. The lowest BCUT2D eigenvalue weighted by molar-refractivity contribution is -0.143. The summed E-state index contributed by atoms with van der Waals surface area (Å²) in [6.45, 7) is 0.807. The van der Waals surface area contributed by atoms with Crippen LogP contribution in [0, 0.1) is 17.7 Å². The first-order chi connectivity index (χ1) is 9.63. The first-order valence-electron chi connectivity index (χ1n) is 6.96. The molecule has 0 atom stereocenters. The highest BCUT2D eigenvalue weighted by atomic mass is 19.1. The van der Waals surface area contributed by atoms with Crippen LogP contribution in [-0.4, -0.2) is 20.6 Å². The summed E-state index contributed by atoms with van der Waals surface area (Å²) in [5, 5.41) is 9.00. The minimum absolute atomic E-state index is 0.188. The van der Waals surface area contributed by atoms with E-state index in [0.29, 0.717) is 5.92 Å². The molecule has 1 saturated carbocycles. The Morgan fingerprint density at radius 3 is 2.85 bits per heavy atom. The van der Waals surface area contributed by atoms with Gasteiger partial charge in [-0.05, 0) is 37.7 Å². The van der Waals surface area contributed by atoms with Crippen molar-refractivity contribution in [2.45, 2.75) is 32.2 Å². The van der Waals surface area contributed by atoms with Crippen LogP contribution in [-0.2, 0) is 11.3 Å². The average molecular weight is 276 g/mol. The van der Waals surface area contributed by atoms with E-state index in [2.05, 4.69) is 4.98 Å². The number of hydrogen-bond acceptors (Lipinski definition) is 2. The minimum Gasteiger partial charge on any atom is -0.481 e. The molecule has 2 heterocycles. The predicted molar refractivity (Wildman–Crippen MR) is 72.8 cm³/mol. The molecule has 0 radical (unpaired) electrons. The second-order valence-corrected chi connectivity index (χ2v) is 5.58. The van der Waals surface area contributed by atoms with Gasteiger partial charge in [-0.2, -0.15) is 0 Å². The molecule has 5 heteroatoms. The molecule has 4 nitrogen and oxygen atoms in total. The molecule has 0 unspecified atom stereocenters. The molecule has 3 rings (SSSR count).